The lowest BCUT2D eigenvalue weighted by Gasteiger charge is -2.13. The highest BCUT2D eigenvalue weighted by molar-refractivity contribution is 5.80. The van der Waals surface area contributed by atoms with Gasteiger partial charge in [0, 0.05) is 13.0 Å². The highest BCUT2D eigenvalue weighted by Gasteiger charge is 2.51. The monoisotopic (exact) mass is 365 g/mol. The Bertz CT molecular complexity index is 348. The zero-order chi connectivity index (χ0) is 19.1. The molecular formula is C24H47NO. The van der Waals surface area contributed by atoms with Crippen LogP contribution in [0.25, 0.3) is 0 Å². The Morgan fingerprint density at radius 1 is 0.654 bits per heavy atom. The number of hydrogen-bond acceptors (Lipinski definition) is 1. The largest absolute Gasteiger partial charge is 0.333 e. The fourth-order valence-electron chi connectivity index (χ4n) is 4.25. The van der Waals surface area contributed by atoms with E-state index in [1.54, 1.807) is 0 Å². The van der Waals surface area contributed by atoms with E-state index in [1.807, 2.05) is 0 Å². The third kappa shape index (κ3) is 9.42. The van der Waals surface area contributed by atoms with Crippen molar-refractivity contribution in [2.24, 2.45) is 0 Å². The minimum atomic E-state index is 0.243. The molecule has 1 aliphatic heterocycles. The third-order valence-corrected chi connectivity index (χ3v) is 6.53. The van der Waals surface area contributed by atoms with Gasteiger partial charge in [-0.2, -0.15) is 0 Å². The average Bonchev–Trinajstić information content (AvgIpc) is 3.40. The number of carbonyl (C=O) groups is 1. The highest BCUT2D eigenvalue weighted by atomic mass is 16.2. The molecular weight excluding hydrogens is 318 g/mol. The van der Waals surface area contributed by atoms with E-state index < -0.39 is 0 Å². The molecule has 154 valence electrons. The van der Waals surface area contributed by atoms with Gasteiger partial charge in [-0.05, 0) is 19.3 Å². The van der Waals surface area contributed by atoms with Crippen LogP contribution in [-0.4, -0.2) is 22.9 Å². The SMILES string of the molecule is CCCCCCCCCCCCCCCCCC(=O)N1CC1(CC)CC. The molecule has 0 radical (unpaired) electrons. The second kappa shape index (κ2) is 14.5. The molecule has 0 aromatic heterocycles. The lowest BCUT2D eigenvalue weighted by atomic mass is 10.0. The molecule has 1 aliphatic rings. The van der Waals surface area contributed by atoms with E-state index in [2.05, 4.69) is 25.7 Å². The van der Waals surface area contributed by atoms with Gasteiger partial charge in [-0.25, -0.2) is 0 Å². The summed E-state index contributed by atoms with van der Waals surface area (Å²) in [5.41, 5.74) is 0.243. The summed E-state index contributed by atoms with van der Waals surface area (Å²) < 4.78 is 0. The fraction of sp³-hybridized carbons (Fsp3) is 0.958. The number of nitrogens with zero attached hydrogens (tertiary/aromatic N) is 1. The first-order chi connectivity index (χ1) is 12.7. The Morgan fingerprint density at radius 2 is 1.04 bits per heavy atom. The molecule has 2 nitrogen and oxygen atoms in total. The summed E-state index contributed by atoms with van der Waals surface area (Å²) in [6, 6.07) is 0. The number of unbranched alkanes of at least 4 members (excludes halogenated alkanes) is 14. The molecule has 1 fully saturated rings. The van der Waals surface area contributed by atoms with Crippen molar-refractivity contribution < 1.29 is 4.79 Å². The lowest BCUT2D eigenvalue weighted by molar-refractivity contribution is -0.127. The Balaban J connectivity index is 1.78. The van der Waals surface area contributed by atoms with E-state index in [1.165, 1.54) is 89.9 Å². The average molecular weight is 366 g/mol. The van der Waals surface area contributed by atoms with Crippen molar-refractivity contribution in [3.8, 4) is 0 Å². The van der Waals surface area contributed by atoms with Crippen molar-refractivity contribution in [1.82, 2.24) is 4.90 Å². The van der Waals surface area contributed by atoms with Gasteiger partial charge in [0.05, 0.1) is 5.54 Å². The first-order valence-electron chi connectivity index (χ1n) is 12.0. The summed E-state index contributed by atoms with van der Waals surface area (Å²) >= 11 is 0. The topological polar surface area (TPSA) is 20.1 Å². The van der Waals surface area contributed by atoms with Gasteiger partial charge in [0.2, 0.25) is 5.91 Å². The minimum Gasteiger partial charge on any atom is -0.333 e. The molecule has 1 saturated heterocycles. The molecule has 0 spiro atoms. The maximum atomic E-state index is 12.2. The van der Waals surface area contributed by atoms with Crippen molar-refractivity contribution in [1.29, 1.82) is 0 Å². The molecule has 2 heteroatoms. The molecule has 0 unspecified atom stereocenters. The zero-order valence-corrected chi connectivity index (χ0v) is 18.3. The van der Waals surface area contributed by atoms with Gasteiger partial charge in [-0.3, -0.25) is 4.79 Å². The molecule has 0 aromatic rings. The Kier molecular flexibility index (Phi) is 13.1. The van der Waals surface area contributed by atoms with Crippen LogP contribution < -0.4 is 0 Å². The van der Waals surface area contributed by atoms with Gasteiger partial charge in [0.25, 0.3) is 0 Å². The van der Waals surface area contributed by atoms with Gasteiger partial charge in [-0.15, -0.1) is 0 Å². The Labute approximate surface area is 164 Å². The van der Waals surface area contributed by atoms with Crippen molar-refractivity contribution in [2.45, 2.75) is 142 Å². The van der Waals surface area contributed by atoms with Crippen LogP contribution in [0.3, 0.4) is 0 Å². The highest BCUT2D eigenvalue weighted by Crippen LogP contribution is 2.39. The molecule has 0 bridgehead atoms. The third-order valence-electron chi connectivity index (χ3n) is 6.53. The van der Waals surface area contributed by atoms with Crippen molar-refractivity contribution in [3.05, 3.63) is 0 Å². The molecule has 0 aromatic carbocycles. The molecule has 0 N–H and O–H groups in total. The van der Waals surface area contributed by atoms with Crippen LogP contribution in [0.1, 0.15) is 136 Å². The predicted octanol–water partition coefficient (Wildman–Crippen LogP) is 7.65. The molecule has 0 atom stereocenters. The maximum Gasteiger partial charge on any atom is 0.223 e. The van der Waals surface area contributed by atoms with Gasteiger partial charge < -0.3 is 4.90 Å². The first-order valence-corrected chi connectivity index (χ1v) is 12.0. The summed E-state index contributed by atoms with van der Waals surface area (Å²) in [6.07, 6.45) is 23.7. The van der Waals surface area contributed by atoms with E-state index >= 15 is 0 Å². The Morgan fingerprint density at radius 3 is 1.38 bits per heavy atom. The second-order valence-corrected chi connectivity index (χ2v) is 8.61. The molecule has 1 amide bonds. The first kappa shape index (κ1) is 23.5. The van der Waals surface area contributed by atoms with Crippen LogP contribution in [0.2, 0.25) is 0 Å². The van der Waals surface area contributed by atoms with Gasteiger partial charge in [0.15, 0.2) is 0 Å². The fourth-order valence-corrected chi connectivity index (χ4v) is 4.25. The predicted molar refractivity (Wildman–Crippen MR) is 115 cm³/mol. The number of hydrogen-bond donors (Lipinski definition) is 0. The Hall–Kier alpha value is -0.530. The van der Waals surface area contributed by atoms with E-state index in [0.717, 1.165) is 32.2 Å². The summed E-state index contributed by atoms with van der Waals surface area (Å²) in [4.78, 5) is 14.3. The molecule has 26 heavy (non-hydrogen) atoms. The molecule has 1 rings (SSSR count). The van der Waals surface area contributed by atoms with Crippen LogP contribution in [0.5, 0.6) is 0 Å². The van der Waals surface area contributed by atoms with Crippen LogP contribution in [0, 0.1) is 0 Å². The lowest BCUT2D eigenvalue weighted by Crippen LogP contribution is -2.22. The standard InChI is InChI=1S/C24H47NO/c1-4-7-8-9-10-11-12-13-14-15-16-17-18-19-20-21-23(26)25-22-24(25,5-2)6-3/h4-22H2,1-3H3. The summed E-state index contributed by atoms with van der Waals surface area (Å²) in [7, 11) is 0. The van der Waals surface area contributed by atoms with Crippen LogP contribution in [0.4, 0.5) is 0 Å². The second-order valence-electron chi connectivity index (χ2n) is 8.61. The zero-order valence-electron chi connectivity index (χ0n) is 18.3. The quantitative estimate of drug-likeness (QED) is 0.180. The van der Waals surface area contributed by atoms with E-state index in [4.69, 9.17) is 0 Å². The van der Waals surface area contributed by atoms with Gasteiger partial charge >= 0.3 is 0 Å². The summed E-state index contributed by atoms with van der Waals surface area (Å²) in [6.45, 7) is 7.72. The smallest absolute Gasteiger partial charge is 0.223 e. The van der Waals surface area contributed by atoms with Crippen LogP contribution in [0.15, 0.2) is 0 Å². The van der Waals surface area contributed by atoms with Crippen molar-refractivity contribution in [2.75, 3.05) is 6.54 Å². The van der Waals surface area contributed by atoms with E-state index in [-0.39, 0.29) is 5.54 Å². The van der Waals surface area contributed by atoms with E-state index in [0.29, 0.717) is 5.91 Å². The number of amides is 1. The van der Waals surface area contributed by atoms with Crippen molar-refractivity contribution >= 4 is 5.91 Å². The number of rotatable bonds is 18. The number of carbonyl (C=O) groups excluding carboxylic acids is 1. The van der Waals surface area contributed by atoms with Gasteiger partial charge in [-0.1, -0.05) is 111 Å². The van der Waals surface area contributed by atoms with E-state index in [9.17, 15) is 4.79 Å². The van der Waals surface area contributed by atoms with Crippen LogP contribution >= 0.6 is 0 Å². The molecule has 1 heterocycles. The molecule has 0 aliphatic carbocycles. The van der Waals surface area contributed by atoms with Crippen LogP contribution in [-0.2, 0) is 4.79 Å². The van der Waals surface area contributed by atoms with Crippen molar-refractivity contribution in [3.63, 3.8) is 0 Å². The summed E-state index contributed by atoms with van der Waals surface area (Å²) in [5, 5.41) is 0. The minimum absolute atomic E-state index is 0.243. The van der Waals surface area contributed by atoms with Gasteiger partial charge in [0.1, 0.15) is 0 Å². The normalized spacial score (nSPS) is 15.4. The maximum absolute atomic E-state index is 12.2. The molecule has 0 saturated carbocycles. The summed E-state index contributed by atoms with van der Waals surface area (Å²) in [5.74, 6) is 0.406.